The van der Waals surface area contributed by atoms with E-state index in [4.69, 9.17) is 23.1 Å². The molecule has 1 atom stereocenters. The number of halogens is 2. The number of rotatable bonds is 4. The van der Waals surface area contributed by atoms with E-state index in [0.717, 1.165) is 6.07 Å². The third-order valence-electron chi connectivity index (χ3n) is 2.85. The third-order valence-corrected chi connectivity index (χ3v) is 4.61. The van der Waals surface area contributed by atoms with Crippen molar-refractivity contribution >= 4 is 34.0 Å². The maximum atomic E-state index is 13.2. The second-order valence-electron chi connectivity index (χ2n) is 4.34. The first-order chi connectivity index (χ1) is 9.88. The van der Waals surface area contributed by atoms with Crippen LogP contribution in [0.15, 0.2) is 41.3 Å². The molecule has 4 N–H and O–H groups in total. The molecule has 2 aromatic carbocycles. The van der Waals surface area contributed by atoms with Crippen molar-refractivity contribution < 1.29 is 13.4 Å². The topological polar surface area (TPSA) is 86.2 Å². The number of nitrogen functional groups attached to an aromatic ring is 1. The van der Waals surface area contributed by atoms with Crippen molar-refractivity contribution in [3.8, 4) is 0 Å². The molecule has 0 aromatic heterocycles. The number of nitrogens with two attached hydrogens (primary N) is 2. The van der Waals surface area contributed by atoms with E-state index in [-0.39, 0.29) is 26.9 Å². The van der Waals surface area contributed by atoms with Gasteiger partial charge >= 0.3 is 0 Å². The number of hydrogen-bond donors (Lipinski definition) is 2. The van der Waals surface area contributed by atoms with Gasteiger partial charge in [-0.2, -0.15) is 0 Å². The molecule has 0 saturated carbocycles. The summed E-state index contributed by atoms with van der Waals surface area (Å²) < 4.78 is 25.5. The van der Waals surface area contributed by atoms with Crippen molar-refractivity contribution in [1.82, 2.24) is 0 Å². The average Bonchev–Trinajstić information content (AvgIpc) is 2.43. The molecule has 0 saturated heterocycles. The lowest BCUT2D eigenvalue weighted by Gasteiger charge is -2.08. The van der Waals surface area contributed by atoms with Crippen molar-refractivity contribution in [2.45, 2.75) is 10.6 Å². The number of hydrogen-bond acceptors (Lipinski definition) is 3. The molecule has 1 unspecified atom stereocenters. The SMILES string of the molecule is NC(=O)c1ccc(CS(=O)c2cc(F)ccc2N)c(Cl)c1. The van der Waals surface area contributed by atoms with Crippen LogP contribution in [0.5, 0.6) is 0 Å². The molecule has 110 valence electrons. The Balaban J connectivity index is 2.27. The van der Waals surface area contributed by atoms with E-state index in [0.29, 0.717) is 5.56 Å². The van der Waals surface area contributed by atoms with Crippen molar-refractivity contribution in [2.75, 3.05) is 5.73 Å². The van der Waals surface area contributed by atoms with E-state index in [1.165, 1.54) is 24.3 Å². The van der Waals surface area contributed by atoms with E-state index in [1.807, 2.05) is 0 Å². The van der Waals surface area contributed by atoms with E-state index in [9.17, 15) is 13.4 Å². The predicted octanol–water partition coefficient (Wildman–Crippen LogP) is 2.47. The zero-order valence-electron chi connectivity index (χ0n) is 10.8. The quantitative estimate of drug-likeness (QED) is 0.846. The molecule has 4 nitrogen and oxygen atoms in total. The molecule has 0 aliphatic rings. The van der Waals surface area contributed by atoms with Gasteiger partial charge in [0.15, 0.2) is 0 Å². The maximum absolute atomic E-state index is 13.2. The van der Waals surface area contributed by atoms with Gasteiger partial charge in [-0.05, 0) is 35.9 Å². The minimum atomic E-state index is -1.55. The molecule has 2 aromatic rings. The predicted molar refractivity (Wildman–Crippen MR) is 80.9 cm³/mol. The van der Waals surface area contributed by atoms with Crippen LogP contribution in [0.3, 0.4) is 0 Å². The fraction of sp³-hybridized carbons (Fsp3) is 0.0714. The van der Waals surface area contributed by atoms with E-state index in [2.05, 4.69) is 0 Å². The van der Waals surface area contributed by atoms with E-state index < -0.39 is 22.5 Å². The van der Waals surface area contributed by atoms with Crippen LogP contribution >= 0.6 is 11.6 Å². The van der Waals surface area contributed by atoms with Crippen LogP contribution in [0.4, 0.5) is 10.1 Å². The number of carbonyl (C=O) groups is 1. The summed E-state index contributed by atoms with van der Waals surface area (Å²) in [6.07, 6.45) is 0. The monoisotopic (exact) mass is 326 g/mol. The molecule has 7 heteroatoms. The van der Waals surface area contributed by atoms with Gasteiger partial charge in [0.2, 0.25) is 5.91 Å². The number of anilines is 1. The van der Waals surface area contributed by atoms with Crippen LogP contribution in [0.1, 0.15) is 15.9 Å². The van der Waals surface area contributed by atoms with E-state index in [1.54, 1.807) is 6.07 Å². The van der Waals surface area contributed by atoms with Gasteiger partial charge in [0.05, 0.1) is 21.4 Å². The Morgan fingerprint density at radius 2 is 1.95 bits per heavy atom. The molecule has 21 heavy (non-hydrogen) atoms. The molecule has 0 spiro atoms. The molecular formula is C14H12ClFN2O2S. The van der Waals surface area contributed by atoms with Crippen LogP contribution in [0.25, 0.3) is 0 Å². The van der Waals surface area contributed by atoms with Gasteiger partial charge in [0.25, 0.3) is 0 Å². The standard InChI is InChI=1S/C14H12ClFN2O2S/c15-11-5-8(14(18)19)1-2-9(11)7-21(20)13-6-10(16)3-4-12(13)17/h1-6H,7,17H2,(H2,18,19). The zero-order chi connectivity index (χ0) is 15.6. The average molecular weight is 327 g/mol. The van der Waals surface area contributed by atoms with Gasteiger partial charge < -0.3 is 11.5 Å². The molecule has 0 aliphatic heterocycles. The summed E-state index contributed by atoms with van der Waals surface area (Å²) in [6.45, 7) is 0. The lowest BCUT2D eigenvalue weighted by atomic mass is 10.1. The largest absolute Gasteiger partial charge is 0.398 e. The van der Waals surface area contributed by atoms with Crippen molar-refractivity contribution in [3.05, 3.63) is 58.4 Å². The third kappa shape index (κ3) is 3.59. The number of benzene rings is 2. The molecule has 0 radical (unpaired) electrons. The van der Waals surface area contributed by atoms with Crippen LogP contribution < -0.4 is 11.5 Å². The van der Waals surface area contributed by atoms with Crippen LogP contribution in [-0.2, 0) is 16.6 Å². The highest BCUT2D eigenvalue weighted by Crippen LogP contribution is 2.24. The molecule has 0 fully saturated rings. The molecule has 2 rings (SSSR count). The summed E-state index contributed by atoms with van der Waals surface area (Å²) in [7, 11) is -1.55. The second kappa shape index (κ2) is 6.24. The highest BCUT2D eigenvalue weighted by molar-refractivity contribution is 7.84. The highest BCUT2D eigenvalue weighted by Gasteiger charge is 2.13. The summed E-state index contributed by atoms with van der Waals surface area (Å²) in [4.78, 5) is 11.2. The number of primary amides is 1. The Hall–Kier alpha value is -1.92. The van der Waals surface area contributed by atoms with Crippen LogP contribution in [0.2, 0.25) is 5.02 Å². The Morgan fingerprint density at radius 3 is 2.57 bits per heavy atom. The fourth-order valence-corrected chi connectivity index (χ4v) is 3.33. The first kappa shape index (κ1) is 15.5. The van der Waals surface area contributed by atoms with Gasteiger partial charge in [-0.15, -0.1) is 0 Å². The maximum Gasteiger partial charge on any atom is 0.248 e. The lowest BCUT2D eigenvalue weighted by Crippen LogP contribution is -2.11. The Labute approximate surface area is 128 Å². The fourth-order valence-electron chi connectivity index (χ4n) is 1.74. The summed E-state index contributed by atoms with van der Waals surface area (Å²) in [5.41, 5.74) is 11.9. The molecule has 1 amide bonds. The first-order valence-corrected chi connectivity index (χ1v) is 7.60. The summed E-state index contributed by atoms with van der Waals surface area (Å²) in [6, 6.07) is 8.17. The smallest absolute Gasteiger partial charge is 0.248 e. The normalized spacial score (nSPS) is 12.1. The first-order valence-electron chi connectivity index (χ1n) is 5.90. The summed E-state index contributed by atoms with van der Waals surface area (Å²) in [5, 5.41) is 0.273. The van der Waals surface area contributed by atoms with E-state index >= 15 is 0 Å². The van der Waals surface area contributed by atoms with Crippen molar-refractivity contribution in [2.24, 2.45) is 5.73 Å². The molecule has 0 aliphatic carbocycles. The molecule has 0 heterocycles. The Kier molecular flexibility index (Phi) is 4.59. The lowest BCUT2D eigenvalue weighted by molar-refractivity contribution is 0.100. The molecule has 0 bridgehead atoms. The Morgan fingerprint density at radius 1 is 1.24 bits per heavy atom. The number of carbonyl (C=O) groups excluding carboxylic acids is 1. The van der Waals surface area contributed by atoms with Crippen LogP contribution in [0, 0.1) is 5.82 Å². The number of amides is 1. The van der Waals surface area contributed by atoms with Gasteiger partial charge in [0.1, 0.15) is 5.82 Å². The van der Waals surface area contributed by atoms with Crippen molar-refractivity contribution in [3.63, 3.8) is 0 Å². The Bertz CT molecular complexity index is 737. The minimum Gasteiger partial charge on any atom is -0.398 e. The summed E-state index contributed by atoms with van der Waals surface area (Å²) >= 11 is 6.03. The minimum absolute atomic E-state index is 0.0610. The highest BCUT2D eigenvalue weighted by atomic mass is 35.5. The summed E-state index contributed by atoms with van der Waals surface area (Å²) in [5.74, 6) is -1.05. The molecular weight excluding hydrogens is 315 g/mol. The zero-order valence-corrected chi connectivity index (χ0v) is 12.4. The van der Waals surface area contributed by atoms with Gasteiger partial charge in [-0.1, -0.05) is 17.7 Å². The van der Waals surface area contributed by atoms with Crippen LogP contribution in [-0.4, -0.2) is 10.1 Å². The van der Waals surface area contributed by atoms with Crippen molar-refractivity contribution in [1.29, 1.82) is 0 Å². The van der Waals surface area contributed by atoms with Gasteiger partial charge in [-0.3, -0.25) is 9.00 Å². The van der Waals surface area contributed by atoms with Gasteiger partial charge in [0, 0.05) is 16.3 Å². The van der Waals surface area contributed by atoms with Gasteiger partial charge in [-0.25, -0.2) is 4.39 Å². The second-order valence-corrected chi connectivity index (χ2v) is 6.17.